The number of hydrogen-bond acceptors (Lipinski definition) is 0. The maximum Gasteiger partial charge on any atom is 0.00906 e. The summed E-state index contributed by atoms with van der Waals surface area (Å²) in [5.74, 6) is 3.11. The fraction of sp³-hybridized carbons (Fsp3) is 1.00. The average molecular weight is 217 g/mol. The highest BCUT2D eigenvalue weighted by Gasteiger charge is 2.54. The first-order valence-electron chi connectivity index (χ1n) is 4.74. The van der Waals surface area contributed by atoms with E-state index < -0.39 is 0 Å². The standard InChI is InChI=1S/C10H17Br/c1-7(2)10(6-11)4-8-3-9(8)5-10/h7-9H,3-6H2,1-2H3. The maximum absolute atomic E-state index is 3.68. The molecule has 0 aromatic rings. The molecule has 2 saturated carbocycles. The molecule has 0 bridgehead atoms. The SMILES string of the molecule is CC(C)C1(CBr)CC2CC2C1. The lowest BCUT2D eigenvalue weighted by atomic mass is 9.75. The molecule has 0 aromatic heterocycles. The molecule has 0 saturated heterocycles. The van der Waals surface area contributed by atoms with Gasteiger partial charge in [-0.3, -0.25) is 0 Å². The molecule has 2 unspecified atom stereocenters. The molecule has 64 valence electrons. The Kier molecular flexibility index (Phi) is 1.83. The van der Waals surface area contributed by atoms with Gasteiger partial charge in [0.05, 0.1) is 0 Å². The van der Waals surface area contributed by atoms with E-state index in [1.54, 1.807) is 6.42 Å². The molecule has 0 radical (unpaired) electrons. The summed E-state index contributed by atoms with van der Waals surface area (Å²) in [5, 5.41) is 1.23. The largest absolute Gasteiger partial charge is 0.0922 e. The molecule has 2 fully saturated rings. The second kappa shape index (κ2) is 2.48. The van der Waals surface area contributed by atoms with Crippen molar-refractivity contribution in [2.45, 2.75) is 33.1 Å². The monoisotopic (exact) mass is 216 g/mol. The van der Waals surface area contributed by atoms with Gasteiger partial charge in [0.1, 0.15) is 0 Å². The first-order chi connectivity index (χ1) is 5.18. The number of hydrogen-bond donors (Lipinski definition) is 0. The lowest BCUT2D eigenvalue weighted by Crippen LogP contribution is -2.27. The van der Waals surface area contributed by atoms with Crippen LogP contribution < -0.4 is 0 Å². The number of halogens is 1. The van der Waals surface area contributed by atoms with E-state index >= 15 is 0 Å². The third kappa shape index (κ3) is 1.16. The van der Waals surface area contributed by atoms with Gasteiger partial charge in [-0.05, 0) is 42.4 Å². The smallest absolute Gasteiger partial charge is 0.00906 e. The van der Waals surface area contributed by atoms with Crippen LogP contribution in [0.15, 0.2) is 0 Å². The van der Waals surface area contributed by atoms with Crippen molar-refractivity contribution in [1.29, 1.82) is 0 Å². The predicted molar refractivity (Wildman–Crippen MR) is 51.9 cm³/mol. The molecule has 0 spiro atoms. The van der Waals surface area contributed by atoms with Crippen LogP contribution in [0.1, 0.15) is 33.1 Å². The van der Waals surface area contributed by atoms with Gasteiger partial charge in [0.25, 0.3) is 0 Å². The van der Waals surface area contributed by atoms with Gasteiger partial charge in [-0.25, -0.2) is 0 Å². The van der Waals surface area contributed by atoms with Gasteiger partial charge >= 0.3 is 0 Å². The number of alkyl halides is 1. The van der Waals surface area contributed by atoms with Crippen molar-refractivity contribution in [3.8, 4) is 0 Å². The van der Waals surface area contributed by atoms with Crippen LogP contribution >= 0.6 is 15.9 Å². The summed E-state index contributed by atoms with van der Waals surface area (Å²) in [6.07, 6.45) is 4.54. The van der Waals surface area contributed by atoms with Crippen LogP contribution in [0.25, 0.3) is 0 Å². The highest BCUT2D eigenvalue weighted by Crippen LogP contribution is 2.62. The Morgan fingerprint density at radius 2 is 1.91 bits per heavy atom. The van der Waals surface area contributed by atoms with Gasteiger partial charge in [0.15, 0.2) is 0 Å². The van der Waals surface area contributed by atoms with Gasteiger partial charge in [0.2, 0.25) is 0 Å². The summed E-state index contributed by atoms with van der Waals surface area (Å²) in [6, 6.07) is 0. The normalized spacial score (nSPS) is 48.0. The molecular formula is C10H17Br. The van der Waals surface area contributed by atoms with Gasteiger partial charge in [-0.15, -0.1) is 0 Å². The van der Waals surface area contributed by atoms with E-state index in [2.05, 4.69) is 29.8 Å². The van der Waals surface area contributed by atoms with Crippen molar-refractivity contribution in [1.82, 2.24) is 0 Å². The highest BCUT2D eigenvalue weighted by atomic mass is 79.9. The van der Waals surface area contributed by atoms with Crippen molar-refractivity contribution in [3.63, 3.8) is 0 Å². The first kappa shape index (κ1) is 8.10. The third-order valence-corrected chi connectivity index (χ3v) is 5.01. The number of fused-ring (bicyclic) bond motifs is 1. The van der Waals surface area contributed by atoms with Crippen molar-refractivity contribution >= 4 is 15.9 Å². The van der Waals surface area contributed by atoms with E-state index in [0.29, 0.717) is 5.41 Å². The van der Waals surface area contributed by atoms with Crippen LogP contribution in [0, 0.1) is 23.2 Å². The summed E-state index contributed by atoms with van der Waals surface area (Å²) in [7, 11) is 0. The number of rotatable bonds is 2. The summed E-state index contributed by atoms with van der Waals surface area (Å²) in [5.41, 5.74) is 0.674. The minimum atomic E-state index is 0.674. The van der Waals surface area contributed by atoms with Gasteiger partial charge in [0, 0.05) is 5.33 Å². The van der Waals surface area contributed by atoms with Crippen LogP contribution in [0.2, 0.25) is 0 Å². The quantitative estimate of drug-likeness (QED) is 0.621. The average Bonchev–Trinajstić information content (AvgIpc) is 2.59. The molecule has 0 heterocycles. The predicted octanol–water partition coefficient (Wildman–Crippen LogP) is 3.45. The van der Waals surface area contributed by atoms with Gasteiger partial charge in [-0.1, -0.05) is 29.8 Å². The molecule has 2 atom stereocenters. The van der Waals surface area contributed by atoms with Crippen LogP contribution in [0.3, 0.4) is 0 Å². The Balaban J connectivity index is 2.07. The van der Waals surface area contributed by atoms with Crippen molar-refractivity contribution in [3.05, 3.63) is 0 Å². The summed E-state index contributed by atoms with van der Waals surface area (Å²) in [4.78, 5) is 0. The summed E-state index contributed by atoms with van der Waals surface area (Å²) in [6.45, 7) is 4.76. The highest BCUT2D eigenvalue weighted by molar-refractivity contribution is 9.09. The molecule has 0 aliphatic heterocycles. The second-order valence-corrected chi connectivity index (χ2v) is 5.38. The van der Waals surface area contributed by atoms with Crippen molar-refractivity contribution in [2.24, 2.45) is 23.2 Å². The molecule has 2 rings (SSSR count). The van der Waals surface area contributed by atoms with Crippen molar-refractivity contribution in [2.75, 3.05) is 5.33 Å². The lowest BCUT2D eigenvalue weighted by Gasteiger charge is -2.33. The molecule has 2 aliphatic carbocycles. The Morgan fingerprint density at radius 1 is 1.36 bits per heavy atom. The van der Waals surface area contributed by atoms with Crippen LogP contribution in [-0.2, 0) is 0 Å². The van der Waals surface area contributed by atoms with Gasteiger partial charge in [-0.2, -0.15) is 0 Å². The Labute approximate surface area is 77.9 Å². The van der Waals surface area contributed by atoms with E-state index in [1.165, 1.54) is 18.2 Å². The van der Waals surface area contributed by atoms with E-state index in [1.807, 2.05) is 0 Å². The molecule has 0 aromatic carbocycles. The first-order valence-corrected chi connectivity index (χ1v) is 5.86. The Bertz CT molecular complexity index is 152. The zero-order valence-electron chi connectivity index (χ0n) is 7.44. The lowest BCUT2D eigenvalue weighted by molar-refractivity contribution is 0.211. The minimum Gasteiger partial charge on any atom is -0.0922 e. The maximum atomic E-state index is 3.68. The van der Waals surface area contributed by atoms with E-state index in [9.17, 15) is 0 Å². The Hall–Kier alpha value is 0.480. The van der Waals surface area contributed by atoms with E-state index in [0.717, 1.165) is 17.8 Å². The third-order valence-electron chi connectivity index (χ3n) is 3.90. The van der Waals surface area contributed by atoms with E-state index in [4.69, 9.17) is 0 Å². The molecule has 2 aliphatic rings. The second-order valence-electron chi connectivity index (χ2n) is 4.81. The molecule has 0 amide bonds. The summed E-state index contributed by atoms with van der Waals surface area (Å²) >= 11 is 3.68. The fourth-order valence-electron chi connectivity index (χ4n) is 2.67. The zero-order valence-corrected chi connectivity index (χ0v) is 9.02. The molecular weight excluding hydrogens is 200 g/mol. The van der Waals surface area contributed by atoms with E-state index in [-0.39, 0.29) is 0 Å². The van der Waals surface area contributed by atoms with Crippen LogP contribution in [0.4, 0.5) is 0 Å². The topological polar surface area (TPSA) is 0 Å². The minimum absolute atomic E-state index is 0.674. The molecule has 1 heteroatoms. The van der Waals surface area contributed by atoms with Crippen molar-refractivity contribution < 1.29 is 0 Å². The molecule has 0 nitrogen and oxygen atoms in total. The zero-order chi connectivity index (χ0) is 8.06. The molecule has 11 heavy (non-hydrogen) atoms. The molecule has 0 N–H and O–H groups in total. The summed E-state index contributed by atoms with van der Waals surface area (Å²) < 4.78 is 0. The Morgan fingerprint density at radius 3 is 2.18 bits per heavy atom. The van der Waals surface area contributed by atoms with Gasteiger partial charge < -0.3 is 0 Å². The van der Waals surface area contributed by atoms with Crippen LogP contribution in [-0.4, -0.2) is 5.33 Å². The van der Waals surface area contributed by atoms with Crippen LogP contribution in [0.5, 0.6) is 0 Å². The fourth-order valence-corrected chi connectivity index (χ4v) is 3.78.